The average molecular weight is 227 g/mol. The molecule has 0 amide bonds. The fourth-order valence-corrected chi connectivity index (χ4v) is 2.46. The Labute approximate surface area is 101 Å². The van der Waals surface area contributed by atoms with E-state index in [0.29, 0.717) is 0 Å². The predicted octanol–water partition coefficient (Wildman–Crippen LogP) is 2.36. The molecule has 0 saturated heterocycles. The summed E-state index contributed by atoms with van der Waals surface area (Å²) in [6.45, 7) is 3.14. The summed E-state index contributed by atoms with van der Waals surface area (Å²) in [4.78, 5) is 2.47. The van der Waals surface area contributed by atoms with Crippen molar-refractivity contribution >= 4 is 0 Å². The maximum absolute atomic E-state index is 4.34. The summed E-state index contributed by atoms with van der Waals surface area (Å²) >= 11 is 0. The van der Waals surface area contributed by atoms with Crippen molar-refractivity contribution in [3.63, 3.8) is 0 Å². The lowest BCUT2D eigenvalue weighted by molar-refractivity contribution is 0.258. The number of hydrogen-bond donors (Lipinski definition) is 1. The smallest absolute Gasteiger partial charge is 0.0794 e. The molecule has 1 aromatic carbocycles. The van der Waals surface area contributed by atoms with Gasteiger partial charge in [0.2, 0.25) is 0 Å². The van der Waals surface area contributed by atoms with E-state index in [1.165, 1.54) is 23.2 Å². The molecule has 17 heavy (non-hydrogen) atoms. The van der Waals surface area contributed by atoms with Crippen LogP contribution in [0.5, 0.6) is 0 Å². The lowest BCUT2D eigenvalue weighted by Gasteiger charge is -2.19. The molecular formula is C14H17N3. The number of hydrogen-bond acceptors (Lipinski definition) is 2. The van der Waals surface area contributed by atoms with Crippen LogP contribution in [-0.4, -0.2) is 21.6 Å². The maximum Gasteiger partial charge on any atom is 0.0794 e. The van der Waals surface area contributed by atoms with E-state index in [1.54, 1.807) is 0 Å². The summed E-state index contributed by atoms with van der Waals surface area (Å²) in [5, 5.41) is 7.32. The van der Waals surface area contributed by atoms with Crippen LogP contribution in [0.4, 0.5) is 0 Å². The second-order valence-electron chi connectivity index (χ2n) is 4.66. The van der Waals surface area contributed by atoms with Gasteiger partial charge in [0.25, 0.3) is 0 Å². The molecule has 0 aliphatic carbocycles. The minimum absolute atomic E-state index is 0.966. The van der Waals surface area contributed by atoms with Crippen LogP contribution < -0.4 is 0 Å². The van der Waals surface area contributed by atoms with Gasteiger partial charge in [-0.05, 0) is 30.5 Å². The molecule has 1 N–H and O–H groups in total. The third kappa shape index (κ3) is 2.39. The molecule has 3 heteroatoms. The van der Waals surface area contributed by atoms with E-state index in [2.05, 4.69) is 45.4 Å². The molecule has 1 aliphatic rings. The van der Waals surface area contributed by atoms with Crippen LogP contribution in [0.3, 0.4) is 0 Å². The second kappa shape index (κ2) is 4.72. The Balaban J connectivity index is 1.73. The van der Waals surface area contributed by atoms with Gasteiger partial charge in [-0.1, -0.05) is 30.3 Å². The van der Waals surface area contributed by atoms with Gasteiger partial charge in [0, 0.05) is 19.3 Å². The topological polar surface area (TPSA) is 31.9 Å². The van der Waals surface area contributed by atoms with Gasteiger partial charge in [-0.15, -0.1) is 0 Å². The van der Waals surface area contributed by atoms with Crippen LogP contribution in [0.2, 0.25) is 0 Å². The maximum atomic E-state index is 4.34. The lowest BCUT2D eigenvalue weighted by atomic mass is 10.2. The zero-order chi connectivity index (χ0) is 11.5. The standard InChI is InChI=1S/C14H17N3/c1-2-5-12(6-3-1)10-17-8-4-7-13-9-15-16-14(13)11-17/h1-3,5-6,9H,4,7-8,10-11H2,(H,15,16). The SMILES string of the molecule is c1ccc(CN2CCCc3c[nH]nc3C2)cc1. The van der Waals surface area contributed by atoms with E-state index in [0.717, 1.165) is 26.1 Å². The molecule has 0 saturated carbocycles. The zero-order valence-corrected chi connectivity index (χ0v) is 9.89. The average Bonchev–Trinajstić information content (AvgIpc) is 2.70. The van der Waals surface area contributed by atoms with Crippen molar-refractivity contribution < 1.29 is 0 Å². The van der Waals surface area contributed by atoms with E-state index in [9.17, 15) is 0 Å². The van der Waals surface area contributed by atoms with Crippen LogP contribution in [0, 0.1) is 0 Å². The Bertz CT molecular complexity index is 475. The van der Waals surface area contributed by atoms with Crippen LogP contribution >= 0.6 is 0 Å². The van der Waals surface area contributed by atoms with Crippen molar-refractivity contribution in [2.24, 2.45) is 0 Å². The molecule has 88 valence electrons. The minimum atomic E-state index is 0.966. The van der Waals surface area contributed by atoms with Gasteiger partial charge in [-0.25, -0.2) is 0 Å². The van der Waals surface area contributed by atoms with Gasteiger partial charge >= 0.3 is 0 Å². The summed E-state index contributed by atoms with van der Waals surface area (Å²) in [5.41, 5.74) is 3.99. The number of rotatable bonds is 2. The van der Waals surface area contributed by atoms with E-state index < -0.39 is 0 Å². The Morgan fingerprint density at radius 2 is 2.12 bits per heavy atom. The molecule has 3 rings (SSSR count). The monoisotopic (exact) mass is 227 g/mol. The summed E-state index contributed by atoms with van der Waals surface area (Å²) in [5.74, 6) is 0. The Morgan fingerprint density at radius 1 is 1.24 bits per heavy atom. The van der Waals surface area contributed by atoms with Crippen molar-refractivity contribution in [2.45, 2.75) is 25.9 Å². The first-order chi connectivity index (χ1) is 8.42. The van der Waals surface area contributed by atoms with E-state index in [4.69, 9.17) is 0 Å². The lowest BCUT2D eigenvalue weighted by Crippen LogP contribution is -2.23. The summed E-state index contributed by atoms with van der Waals surface area (Å²) < 4.78 is 0. The number of nitrogens with zero attached hydrogens (tertiary/aromatic N) is 2. The molecule has 2 heterocycles. The third-order valence-electron chi connectivity index (χ3n) is 3.35. The predicted molar refractivity (Wildman–Crippen MR) is 67.5 cm³/mol. The fourth-order valence-electron chi connectivity index (χ4n) is 2.46. The van der Waals surface area contributed by atoms with Crippen molar-refractivity contribution in [3.05, 3.63) is 53.3 Å². The Hall–Kier alpha value is -1.61. The summed E-state index contributed by atoms with van der Waals surface area (Å²) in [6, 6.07) is 10.7. The van der Waals surface area contributed by atoms with Gasteiger partial charge in [0.15, 0.2) is 0 Å². The molecule has 0 spiro atoms. The first-order valence-electron chi connectivity index (χ1n) is 6.19. The zero-order valence-electron chi connectivity index (χ0n) is 9.89. The van der Waals surface area contributed by atoms with Gasteiger partial charge in [-0.2, -0.15) is 5.10 Å². The fraction of sp³-hybridized carbons (Fsp3) is 0.357. The summed E-state index contributed by atoms with van der Waals surface area (Å²) in [7, 11) is 0. The number of H-pyrrole nitrogens is 1. The molecule has 0 unspecified atom stereocenters. The molecule has 1 aliphatic heterocycles. The third-order valence-corrected chi connectivity index (χ3v) is 3.35. The minimum Gasteiger partial charge on any atom is -0.293 e. The number of nitrogens with one attached hydrogen (secondary N) is 1. The quantitative estimate of drug-likeness (QED) is 0.854. The number of benzene rings is 1. The Kier molecular flexibility index (Phi) is 2.92. The van der Waals surface area contributed by atoms with E-state index in [-0.39, 0.29) is 0 Å². The molecule has 0 fully saturated rings. The second-order valence-corrected chi connectivity index (χ2v) is 4.66. The highest BCUT2D eigenvalue weighted by atomic mass is 15.2. The molecule has 0 atom stereocenters. The molecule has 1 aromatic heterocycles. The first-order valence-corrected chi connectivity index (χ1v) is 6.19. The molecule has 3 nitrogen and oxygen atoms in total. The van der Waals surface area contributed by atoms with Gasteiger partial charge in [0.05, 0.1) is 5.69 Å². The largest absolute Gasteiger partial charge is 0.293 e. The normalized spacial score (nSPS) is 16.5. The van der Waals surface area contributed by atoms with Crippen molar-refractivity contribution in [2.75, 3.05) is 6.54 Å². The highest BCUT2D eigenvalue weighted by Gasteiger charge is 2.16. The van der Waals surface area contributed by atoms with Crippen LogP contribution in [-0.2, 0) is 19.5 Å². The van der Waals surface area contributed by atoms with Crippen LogP contribution in [0.1, 0.15) is 23.2 Å². The molecule has 2 aromatic rings. The van der Waals surface area contributed by atoms with E-state index in [1.807, 2.05) is 6.20 Å². The van der Waals surface area contributed by atoms with Crippen LogP contribution in [0.15, 0.2) is 36.5 Å². The van der Waals surface area contributed by atoms with Crippen LogP contribution in [0.25, 0.3) is 0 Å². The highest BCUT2D eigenvalue weighted by Crippen LogP contribution is 2.17. The summed E-state index contributed by atoms with van der Waals surface area (Å²) in [6.07, 6.45) is 4.41. The highest BCUT2D eigenvalue weighted by molar-refractivity contribution is 5.19. The molecular weight excluding hydrogens is 210 g/mol. The number of aromatic amines is 1. The van der Waals surface area contributed by atoms with Gasteiger partial charge in [-0.3, -0.25) is 10.00 Å². The number of aryl methyl sites for hydroxylation is 1. The Morgan fingerprint density at radius 3 is 3.00 bits per heavy atom. The van der Waals surface area contributed by atoms with Gasteiger partial charge in [0.1, 0.15) is 0 Å². The molecule has 0 bridgehead atoms. The van der Waals surface area contributed by atoms with E-state index >= 15 is 0 Å². The van der Waals surface area contributed by atoms with Crippen molar-refractivity contribution in [1.82, 2.24) is 15.1 Å². The first kappa shape index (κ1) is 10.5. The number of aromatic nitrogens is 2. The van der Waals surface area contributed by atoms with Gasteiger partial charge < -0.3 is 0 Å². The van der Waals surface area contributed by atoms with Crippen molar-refractivity contribution in [3.8, 4) is 0 Å². The number of fused-ring (bicyclic) bond motifs is 1. The molecule has 0 radical (unpaired) electrons. The van der Waals surface area contributed by atoms with Crippen molar-refractivity contribution in [1.29, 1.82) is 0 Å².